The Morgan fingerprint density at radius 2 is 2.24 bits per heavy atom. The Bertz CT molecular complexity index is 279. The highest BCUT2D eigenvalue weighted by molar-refractivity contribution is 5.85. The minimum Gasteiger partial charge on any atom is -0.409 e. The average Bonchev–Trinajstić information content (AvgIpc) is 2.31. The molecule has 4 N–H and O–H groups in total. The lowest BCUT2D eigenvalue weighted by Crippen LogP contribution is -2.34. The van der Waals surface area contributed by atoms with Crippen LogP contribution in [-0.2, 0) is 0 Å². The van der Waals surface area contributed by atoms with Crippen molar-refractivity contribution in [2.75, 3.05) is 6.54 Å². The molecule has 0 amide bonds. The van der Waals surface area contributed by atoms with Crippen molar-refractivity contribution < 1.29 is 5.21 Å². The topological polar surface area (TPSA) is 70.6 Å². The second kappa shape index (κ2) is 7.97. The molecule has 0 aliphatic carbocycles. The maximum Gasteiger partial charge on any atom is 0.144 e. The first kappa shape index (κ1) is 15.8. The quantitative estimate of drug-likeness (QED) is 0.151. The van der Waals surface area contributed by atoms with Crippen molar-refractivity contribution >= 4 is 5.84 Å². The first-order valence-corrected chi connectivity index (χ1v) is 6.12. The van der Waals surface area contributed by atoms with Gasteiger partial charge in [-0.2, -0.15) is 0 Å². The summed E-state index contributed by atoms with van der Waals surface area (Å²) in [5.74, 6) is 2.95. The largest absolute Gasteiger partial charge is 0.409 e. The Kier molecular flexibility index (Phi) is 7.40. The molecular weight excluding hydrogens is 214 g/mol. The van der Waals surface area contributed by atoms with E-state index in [1.54, 1.807) is 0 Å². The monoisotopic (exact) mass is 239 g/mol. The highest BCUT2D eigenvalue weighted by Gasteiger charge is 2.22. The van der Waals surface area contributed by atoms with Crippen molar-refractivity contribution in [3.63, 3.8) is 0 Å². The number of rotatable bonds is 8. The Labute approximate surface area is 105 Å². The number of nitrogens with one attached hydrogen (secondary N) is 1. The molecule has 0 rings (SSSR count). The van der Waals surface area contributed by atoms with Gasteiger partial charge >= 0.3 is 0 Å². The maximum absolute atomic E-state index is 8.65. The fourth-order valence-corrected chi connectivity index (χ4v) is 1.60. The van der Waals surface area contributed by atoms with E-state index < -0.39 is 0 Å². The SMILES string of the molecule is C#CCC(CC)NCCCC(C)(C)C(N)=NO. The second-order valence-electron chi connectivity index (χ2n) is 4.94. The number of oxime groups is 1. The van der Waals surface area contributed by atoms with Crippen LogP contribution < -0.4 is 11.1 Å². The van der Waals surface area contributed by atoms with Crippen molar-refractivity contribution in [1.29, 1.82) is 0 Å². The Hall–Kier alpha value is -1.21. The molecule has 0 fully saturated rings. The maximum atomic E-state index is 8.65. The van der Waals surface area contributed by atoms with Crippen molar-refractivity contribution in [2.45, 2.75) is 52.5 Å². The molecule has 0 aliphatic heterocycles. The van der Waals surface area contributed by atoms with E-state index in [0.717, 1.165) is 32.2 Å². The molecular formula is C13H25N3O. The number of nitrogens with two attached hydrogens (primary N) is 1. The van der Waals surface area contributed by atoms with Crippen molar-refractivity contribution in [1.82, 2.24) is 5.32 Å². The van der Waals surface area contributed by atoms with Gasteiger partial charge in [-0.3, -0.25) is 0 Å². The van der Waals surface area contributed by atoms with Crippen LogP contribution in [0.4, 0.5) is 0 Å². The molecule has 0 heterocycles. The molecule has 1 atom stereocenters. The molecule has 4 heteroatoms. The van der Waals surface area contributed by atoms with Gasteiger partial charge in [0.1, 0.15) is 5.84 Å². The second-order valence-corrected chi connectivity index (χ2v) is 4.94. The Balaban J connectivity index is 3.89. The zero-order chi connectivity index (χ0) is 13.3. The third-order valence-electron chi connectivity index (χ3n) is 3.07. The third kappa shape index (κ3) is 6.18. The Morgan fingerprint density at radius 3 is 2.71 bits per heavy atom. The molecule has 0 saturated heterocycles. The zero-order valence-electron chi connectivity index (χ0n) is 11.2. The molecule has 0 aromatic heterocycles. The minimum absolute atomic E-state index is 0.260. The first-order valence-electron chi connectivity index (χ1n) is 6.12. The van der Waals surface area contributed by atoms with E-state index in [9.17, 15) is 0 Å². The number of hydrogen-bond donors (Lipinski definition) is 3. The van der Waals surface area contributed by atoms with Gasteiger partial charge in [0.25, 0.3) is 0 Å². The zero-order valence-corrected chi connectivity index (χ0v) is 11.2. The van der Waals surface area contributed by atoms with Crippen LogP contribution >= 0.6 is 0 Å². The summed E-state index contributed by atoms with van der Waals surface area (Å²) in [6.45, 7) is 6.97. The van der Waals surface area contributed by atoms with E-state index in [-0.39, 0.29) is 11.3 Å². The molecule has 0 saturated carbocycles. The minimum atomic E-state index is -0.260. The van der Waals surface area contributed by atoms with E-state index in [2.05, 4.69) is 23.3 Å². The van der Waals surface area contributed by atoms with Gasteiger partial charge < -0.3 is 16.3 Å². The van der Waals surface area contributed by atoms with Gasteiger partial charge in [0.05, 0.1) is 0 Å². The van der Waals surface area contributed by atoms with Crippen LogP contribution in [0.3, 0.4) is 0 Å². The standard InChI is InChI=1S/C13H25N3O/c1-5-8-11(6-2)15-10-7-9-13(3,4)12(14)16-17/h1,11,15,17H,6-10H2,2-4H3,(H2,14,16). The fourth-order valence-electron chi connectivity index (χ4n) is 1.60. The molecule has 0 radical (unpaired) electrons. The van der Waals surface area contributed by atoms with Gasteiger partial charge in [0, 0.05) is 17.9 Å². The highest BCUT2D eigenvalue weighted by atomic mass is 16.4. The van der Waals surface area contributed by atoms with E-state index in [1.165, 1.54) is 0 Å². The summed E-state index contributed by atoms with van der Waals surface area (Å²) in [5.41, 5.74) is 5.36. The van der Waals surface area contributed by atoms with Crippen LogP contribution in [0.25, 0.3) is 0 Å². The number of nitrogens with zero attached hydrogens (tertiary/aromatic N) is 1. The van der Waals surface area contributed by atoms with E-state index >= 15 is 0 Å². The van der Waals surface area contributed by atoms with Crippen LogP contribution in [0.15, 0.2) is 5.16 Å². The summed E-state index contributed by atoms with van der Waals surface area (Å²) in [7, 11) is 0. The summed E-state index contributed by atoms with van der Waals surface area (Å²) in [4.78, 5) is 0. The van der Waals surface area contributed by atoms with E-state index in [1.807, 2.05) is 13.8 Å². The third-order valence-corrected chi connectivity index (χ3v) is 3.07. The molecule has 0 aromatic carbocycles. The molecule has 0 spiro atoms. The van der Waals surface area contributed by atoms with E-state index in [4.69, 9.17) is 17.4 Å². The highest BCUT2D eigenvalue weighted by Crippen LogP contribution is 2.21. The normalized spacial score (nSPS) is 14.4. The summed E-state index contributed by atoms with van der Waals surface area (Å²) in [6.07, 6.45) is 8.94. The van der Waals surface area contributed by atoms with Crippen molar-refractivity contribution in [3.05, 3.63) is 0 Å². The number of terminal acetylenes is 1. The van der Waals surface area contributed by atoms with Crippen molar-refractivity contribution in [3.8, 4) is 12.3 Å². The molecule has 98 valence electrons. The van der Waals surface area contributed by atoms with Crippen LogP contribution in [-0.4, -0.2) is 23.6 Å². The Morgan fingerprint density at radius 1 is 1.59 bits per heavy atom. The van der Waals surface area contributed by atoms with Gasteiger partial charge in [0.15, 0.2) is 0 Å². The van der Waals surface area contributed by atoms with Gasteiger partial charge in [0.2, 0.25) is 0 Å². The predicted octanol–water partition coefficient (Wildman–Crippen LogP) is 1.93. The summed E-state index contributed by atoms with van der Waals surface area (Å²) in [5, 5.41) is 15.1. The fraction of sp³-hybridized carbons (Fsp3) is 0.769. The predicted molar refractivity (Wildman–Crippen MR) is 72.0 cm³/mol. The molecule has 17 heavy (non-hydrogen) atoms. The average molecular weight is 239 g/mol. The lowest BCUT2D eigenvalue weighted by molar-refractivity contribution is 0.304. The van der Waals surface area contributed by atoms with Gasteiger partial charge in [-0.1, -0.05) is 25.9 Å². The summed E-state index contributed by atoms with van der Waals surface area (Å²) < 4.78 is 0. The smallest absolute Gasteiger partial charge is 0.144 e. The summed E-state index contributed by atoms with van der Waals surface area (Å²) in [6, 6.07) is 0.395. The molecule has 0 bridgehead atoms. The van der Waals surface area contributed by atoms with Gasteiger partial charge in [-0.25, -0.2) is 0 Å². The van der Waals surface area contributed by atoms with Crippen LogP contribution in [0.2, 0.25) is 0 Å². The van der Waals surface area contributed by atoms with Gasteiger partial charge in [-0.15, -0.1) is 12.3 Å². The molecule has 0 aliphatic rings. The number of hydrogen-bond acceptors (Lipinski definition) is 3. The van der Waals surface area contributed by atoms with Gasteiger partial charge in [-0.05, 0) is 25.8 Å². The van der Waals surface area contributed by atoms with E-state index in [0.29, 0.717) is 6.04 Å². The molecule has 4 nitrogen and oxygen atoms in total. The van der Waals surface area contributed by atoms with Crippen LogP contribution in [0.1, 0.15) is 46.5 Å². The first-order chi connectivity index (χ1) is 7.97. The lowest BCUT2D eigenvalue weighted by Gasteiger charge is -2.23. The van der Waals surface area contributed by atoms with Crippen LogP contribution in [0.5, 0.6) is 0 Å². The number of amidine groups is 1. The molecule has 0 aromatic rings. The van der Waals surface area contributed by atoms with Crippen LogP contribution in [0, 0.1) is 17.8 Å². The van der Waals surface area contributed by atoms with Crippen molar-refractivity contribution in [2.24, 2.45) is 16.3 Å². The molecule has 1 unspecified atom stereocenters. The lowest BCUT2D eigenvalue weighted by atomic mass is 9.86. The summed E-state index contributed by atoms with van der Waals surface area (Å²) >= 11 is 0.